The maximum absolute atomic E-state index is 11.1. The number of halogens is 1. The highest BCUT2D eigenvalue weighted by Crippen LogP contribution is 2.36. The lowest BCUT2D eigenvalue weighted by Crippen LogP contribution is -1.87. The van der Waals surface area contributed by atoms with Crippen molar-refractivity contribution < 1.29 is 14.6 Å². The molecule has 0 aromatic heterocycles. The van der Waals surface area contributed by atoms with Crippen LogP contribution in [-0.2, 0) is 5.11 Å². The minimum absolute atomic E-state index is 0.233. The predicted molar refractivity (Wildman–Crippen MR) is 44.7 cm³/mol. The van der Waals surface area contributed by atoms with E-state index in [2.05, 4.69) is 0 Å². The third-order valence-electron chi connectivity index (χ3n) is 1.44. The molecule has 0 amide bonds. The molecule has 3 nitrogen and oxygen atoms in total. The van der Waals surface area contributed by atoms with E-state index in [1.165, 1.54) is 26.4 Å². The quantitative estimate of drug-likeness (QED) is 0.714. The second-order valence-corrected chi connectivity index (χ2v) is 2.54. The number of benzene rings is 1. The minimum Gasteiger partial charge on any atom is -0.495 e. The maximum Gasteiger partial charge on any atom is 0.222 e. The van der Waals surface area contributed by atoms with Crippen LogP contribution in [0.5, 0.6) is 17.2 Å². The predicted octanol–water partition coefficient (Wildman–Crippen LogP) is 2.50. The summed E-state index contributed by atoms with van der Waals surface area (Å²) in [5.74, 6) is 0.424. The third kappa shape index (κ3) is 1.56. The highest BCUT2D eigenvalue weighted by Gasteiger charge is 2.09. The van der Waals surface area contributed by atoms with Crippen molar-refractivity contribution in [2.45, 2.75) is 0 Å². The minimum atomic E-state index is -0.247. The van der Waals surface area contributed by atoms with Crippen LogP contribution in [0.3, 0.4) is 0 Å². The molecular weight excluding hydrogens is 180 g/mol. The van der Waals surface area contributed by atoms with Crippen molar-refractivity contribution >= 4 is 11.6 Å². The Morgan fingerprint density at radius 3 is 2.25 bits per heavy atom. The summed E-state index contributed by atoms with van der Waals surface area (Å²) in [6.45, 7) is 0. The SMILES string of the molecule is COc1cc(OC)c(Cl)cc1[O]. The summed E-state index contributed by atoms with van der Waals surface area (Å²) in [6.07, 6.45) is 0. The number of rotatable bonds is 2. The lowest BCUT2D eigenvalue weighted by molar-refractivity contribution is 0.312. The maximum atomic E-state index is 11.1. The van der Waals surface area contributed by atoms with E-state index in [0.29, 0.717) is 10.8 Å². The van der Waals surface area contributed by atoms with Crippen LogP contribution in [-0.4, -0.2) is 14.2 Å². The first-order valence-electron chi connectivity index (χ1n) is 3.27. The molecule has 0 N–H and O–H groups in total. The molecule has 0 unspecified atom stereocenters. The fourth-order valence-electron chi connectivity index (χ4n) is 0.832. The van der Waals surface area contributed by atoms with Gasteiger partial charge in [-0.2, -0.15) is 0 Å². The fraction of sp³-hybridized carbons (Fsp3) is 0.250. The van der Waals surface area contributed by atoms with Gasteiger partial charge in [0.2, 0.25) is 5.75 Å². The van der Waals surface area contributed by atoms with Gasteiger partial charge in [0.05, 0.1) is 19.2 Å². The van der Waals surface area contributed by atoms with Gasteiger partial charge in [0.25, 0.3) is 0 Å². The standard InChI is InChI=1S/C8H8ClO3/c1-11-7-4-8(12-2)6(10)3-5(7)9/h3-4H,1-2H3. The van der Waals surface area contributed by atoms with E-state index in [1.54, 1.807) is 0 Å². The van der Waals surface area contributed by atoms with Crippen LogP contribution in [0.1, 0.15) is 0 Å². The summed E-state index contributed by atoms with van der Waals surface area (Å²) < 4.78 is 9.68. The number of methoxy groups -OCH3 is 2. The molecular formula is C8H8ClO3. The first kappa shape index (κ1) is 9.00. The van der Waals surface area contributed by atoms with Gasteiger partial charge < -0.3 is 9.47 Å². The van der Waals surface area contributed by atoms with Crippen LogP contribution < -0.4 is 9.47 Å². The van der Waals surface area contributed by atoms with Crippen molar-refractivity contribution in [3.63, 3.8) is 0 Å². The van der Waals surface area contributed by atoms with Gasteiger partial charge >= 0.3 is 0 Å². The van der Waals surface area contributed by atoms with Gasteiger partial charge in [-0.1, -0.05) is 11.6 Å². The molecule has 1 radical (unpaired) electrons. The molecule has 0 heterocycles. The smallest absolute Gasteiger partial charge is 0.222 e. The van der Waals surface area contributed by atoms with Crippen LogP contribution in [0.2, 0.25) is 5.02 Å². The number of hydrogen-bond acceptors (Lipinski definition) is 2. The van der Waals surface area contributed by atoms with Crippen LogP contribution in [0.4, 0.5) is 0 Å². The van der Waals surface area contributed by atoms with Crippen molar-refractivity contribution in [2.75, 3.05) is 14.2 Å². The Bertz CT molecular complexity index is 261. The molecule has 0 aliphatic heterocycles. The molecule has 0 fully saturated rings. The van der Waals surface area contributed by atoms with Crippen molar-refractivity contribution in [1.82, 2.24) is 0 Å². The average Bonchev–Trinajstić information content (AvgIpc) is 2.05. The topological polar surface area (TPSA) is 38.4 Å². The average molecular weight is 188 g/mol. The van der Waals surface area contributed by atoms with Gasteiger partial charge in [-0.15, -0.1) is 0 Å². The van der Waals surface area contributed by atoms with E-state index in [0.717, 1.165) is 0 Å². The summed E-state index contributed by atoms with van der Waals surface area (Å²) in [5, 5.41) is 11.4. The van der Waals surface area contributed by atoms with E-state index in [4.69, 9.17) is 21.1 Å². The summed E-state index contributed by atoms with van der Waals surface area (Å²) in [7, 11) is 2.90. The van der Waals surface area contributed by atoms with Crippen LogP contribution in [0.15, 0.2) is 12.1 Å². The van der Waals surface area contributed by atoms with E-state index < -0.39 is 0 Å². The Hall–Kier alpha value is -1.09. The zero-order chi connectivity index (χ0) is 9.14. The van der Waals surface area contributed by atoms with E-state index in [1.807, 2.05) is 0 Å². The van der Waals surface area contributed by atoms with Crippen molar-refractivity contribution in [2.24, 2.45) is 0 Å². The van der Waals surface area contributed by atoms with Gasteiger partial charge in [0.1, 0.15) is 5.75 Å². The second-order valence-electron chi connectivity index (χ2n) is 2.14. The Labute approximate surface area is 75.5 Å². The Balaban J connectivity index is 3.18. The zero-order valence-electron chi connectivity index (χ0n) is 6.76. The molecule has 12 heavy (non-hydrogen) atoms. The molecule has 1 rings (SSSR count). The Morgan fingerprint density at radius 1 is 1.17 bits per heavy atom. The molecule has 0 spiro atoms. The molecule has 0 atom stereocenters. The van der Waals surface area contributed by atoms with Crippen LogP contribution >= 0.6 is 11.6 Å². The van der Waals surface area contributed by atoms with E-state index >= 15 is 0 Å². The molecule has 0 bridgehead atoms. The second kappa shape index (κ2) is 3.54. The van der Waals surface area contributed by atoms with Gasteiger partial charge in [0, 0.05) is 12.1 Å². The Morgan fingerprint density at radius 2 is 1.75 bits per heavy atom. The normalized spacial score (nSPS) is 9.58. The molecule has 0 saturated heterocycles. The van der Waals surface area contributed by atoms with E-state index in [9.17, 15) is 5.11 Å². The summed E-state index contributed by atoms with van der Waals surface area (Å²) in [6, 6.07) is 2.73. The molecule has 0 aliphatic rings. The number of ether oxygens (including phenoxy) is 2. The highest BCUT2D eigenvalue weighted by molar-refractivity contribution is 6.32. The highest BCUT2D eigenvalue weighted by atomic mass is 35.5. The molecule has 65 valence electrons. The molecule has 1 aromatic rings. The lowest BCUT2D eigenvalue weighted by Gasteiger charge is -2.05. The third-order valence-corrected chi connectivity index (χ3v) is 1.73. The molecule has 0 aliphatic carbocycles. The molecule has 4 heteroatoms. The van der Waals surface area contributed by atoms with Gasteiger partial charge in [0.15, 0.2) is 5.75 Å². The number of hydrogen-bond donors (Lipinski definition) is 0. The van der Waals surface area contributed by atoms with Crippen LogP contribution in [0, 0.1) is 0 Å². The largest absolute Gasteiger partial charge is 0.495 e. The van der Waals surface area contributed by atoms with Gasteiger partial charge in [-0.25, -0.2) is 0 Å². The zero-order valence-corrected chi connectivity index (χ0v) is 7.51. The lowest BCUT2D eigenvalue weighted by atomic mass is 10.3. The summed E-state index contributed by atoms with van der Waals surface area (Å²) in [5.41, 5.74) is 0. The van der Waals surface area contributed by atoms with Crippen molar-refractivity contribution in [3.8, 4) is 17.2 Å². The van der Waals surface area contributed by atoms with Crippen LogP contribution in [0.25, 0.3) is 0 Å². The monoisotopic (exact) mass is 187 g/mol. The summed E-state index contributed by atoms with van der Waals surface area (Å²) >= 11 is 5.68. The molecule has 1 aromatic carbocycles. The Kier molecular flexibility index (Phi) is 2.65. The fourth-order valence-corrected chi connectivity index (χ4v) is 1.06. The van der Waals surface area contributed by atoms with Crippen molar-refractivity contribution in [1.29, 1.82) is 0 Å². The summed E-state index contributed by atoms with van der Waals surface area (Å²) in [4.78, 5) is 0. The van der Waals surface area contributed by atoms with Gasteiger partial charge in [-0.3, -0.25) is 5.11 Å². The molecule has 0 saturated carbocycles. The van der Waals surface area contributed by atoms with E-state index in [-0.39, 0.29) is 11.5 Å². The first-order valence-corrected chi connectivity index (χ1v) is 3.65. The van der Waals surface area contributed by atoms with Crippen molar-refractivity contribution in [3.05, 3.63) is 17.2 Å². The first-order chi connectivity index (χ1) is 5.69. The van der Waals surface area contributed by atoms with Gasteiger partial charge in [-0.05, 0) is 0 Å².